The van der Waals surface area contributed by atoms with Crippen LogP contribution in [0.4, 0.5) is 11.4 Å². The average molecular weight is 306 g/mol. The number of carbonyl (C=O) groups excluding carboxylic acids is 2. The summed E-state index contributed by atoms with van der Waals surface area (Å²) in [5, 5.41) is 16.6. The zero-order chi connectivity index (χ0) is 16.2. The molecule has 114 valence electrons. The Balaban J connectivity index is 1.77. The standard InChI is InChI=1S/C18H14N2O3/c21-16-11-13-7-5-4-6-12(13)10-15(16)20-18(23)17(22)19-14-8-2-1-3-9-14/h1-11,21H,(H,19,22)(H,20,23). The molecule has 0 aliphatic heterocycles. The molecule has 0 fully saturated rings. The molecule has 23 heavy (non-hydrogen) atoms. The molecule has 2 amide bonds. The second kappa shape index (κ2) is 6.19. The van der Waals surface area contributed by atoms with E-state index < -0.39 is 11.8 Å². The predicted octanol–water partition coefficient (Wildman–Crippen LogP) is 3.12. The van der Waals surface area contributed by atoms with E-state index in [0.29, 0.717) is 5.69 Å². The highest BCUT2D eigenvalue weighted by Gasteiger charge is 2.16. The Bertz CT molecular complexity index is 876. The maximum absolute atomic E-state index is 12.0. The van der Waals surface area contributed by atoms with Crippen LogP contribution in [0.25, 0.3) is 10.8 Å². The van der Waals surface area contributed by atoms with Crippen LogP contribution in [0, 0.1) is 0 Å². The van der Waals surface area contributed by atoms with Gasteiger partial charge in [0.15, 0.2) is 0 Å². The summed E-state index contributed by atoms with van der Waals surface area (Å²) >= 11 is 0. The molecule has 0 unspecified atom stereocenters. The van der Waals surface area contributed by atoms with Crippen LogP contribution in [0.2, 0.25) is 0 Å². The molecule has 5 nitrogen and oxygen atoms in total. The number of amides is 2. The van der Waals surface area contributed by atoms with Gasteiger partial charge in [-0.1, -0.05) is 42.5 Å². The number of rotatable bonds is 2. The number of hydrogen-bond donors (Lipinski definition) is 3. The fourth-order valence-electron chi connectivity index (χ4n) is 2.22. The zero-order valence-electron chi connectivity index (χ0n) is 12.1. The zero-order valence-corrected chi connectivity index (χ0v) is 12.1. The molecule has 5 heteroatoms. The van der Waals surface area contributed by atoms with Crippen LogP contribution in [0.3, 0.4) is 0 Å². The SMILES string of the molecule is O=C(Nc1ccccc1)C(=O)Nc1cc2ccccc2cc1O. The van der Waals surface area contributed by atoms with Gasteiger partial charge >= 0.3 is 11.8 Å². The van der Waals surface area contributed by atoms with Crippen molar-refractivity contribution in [2.24, 2.45) is 0 Å². The number of carbonyl (C=O) groups is 2. The number of fused-ring (bicyclic) bond motifs is 1. The first-order valence-electron chi connectivity index (χ1n) is 7.02. The Hall–Kier alpha value is -3.34. The van der Waals surface area contributed by atoms with Crippen molar-refractivity contribution >= 4 is 34.0 Å². The Morgan fingerprint density at radius 3 is 2.00 bits per heavy atom. The number of hydrogen-bond acceptors (Lipinski definition) is 3. The lowest BCUT2D eigenvalue weighted by molar-refractivity contribution is -0.133. The van der Waals surface area contributed by atoms with Gasteiger partial charge in [-0.05, 0) is 35.0 Å². The number of aromatic hydroxyl groups is 1. The van der Waals surface area contributed by atoms with Gasteiger partial charge in [-0.2, -0.15) is 0 Å². The van der Waals surface area contributed by atoms with E-state index in [2.05, 4.69) is 10.6 Å². The molecule has 0 aliphatic rings. The third kappa shape index (κ3) is 3.29. The minimum Gasteiger partial charge on any atom is -0.506 e. The summed E-state index contributed by atoms with van der Waals surface area (Å²) < 4.78 is 0. The molecule has 3 aromatic rings. The van der Waals surface area contributed by atoms with Crippen LogP contribution in [-0.2, 0) is 9.59 Å². The highest BCUT2D eigenvalue weighted by molar-refractivity contribution is 6.43. The molecule has 0 saturated carbocycles. The first kappa shape index (κ1) is 14.6. The van der Waals surface area contributed by atoms with E-state index in [-0.39, 0.29) is 11.4 Å². The minimum atomic E-state index is -0.848. The monoisotopic (exact) mass is 306 g/mol. The first-order chi connectivity index (χ1) is 11.1. The lowest BCUT2D eigenvalue weighted by Gasteiger charge is -2.09. The molecule has 0 saturated heterocycles. The van der Waals surface area contributed by atoms with E-state index in [0.717, 1.165) is 10.8 Å². The molecule has 0 heterocycles. The van der Waals surface area contributed by atoms with Crippen LogP contribution < -0.4 is 10.6 Å². The van der Waals surface area contributed by atoms with Crippen molar-refractivity contribution in [1.82, 2.24) is 0 Å². The van der Waals surface area contributed by atoms with Crippen LogP contribution in [0.15, 0.2) is 66.7 Å². The second-order valence-corrected chi connectivity index (χ2v) is 4.99. The summed E-state index contributed by atoms with van der Waals surface area (Å²) in [6, 6.07) is 19.3. The lowest BCUT2D eigenvalue weighted by Crippen LogP contribution is -2.29. The van der Waals surface area contributed by atoms with Crippen molar-refractivity contribution in [2.75, 3.05) is 10.6 Å². The van der Waals surface area contributed by atoms with Crippen molar-refractivity contribution in [2.45, 2.75) is 0 Å². The van der Waals surface area contributed by atoms with Crippen LogP contribution in [-0.4, -0.2) is 16.9 Å². The van der Waals surface area contributed by atoms with E-state index in [1.807, 2.05) is 30.3 Å². The molecule has 3 rings (SSSR count). The molecule has 0 radical (unpaired) electrons. The van der Waals surface area contributed by atoms with E-state index >= 15 is 0 Å². The highest BCUT2D eigenvalue weighted by Crippen LogP contribution is 2.29. The molecular weight excluding hydrogens is 292 g/mol. The van der Waals surface area contributed by atoms with Gasteiger partial charge < -0.3 is 15.7 Å². The molecular formula is C18H14N2O3. The third-order valence-corrected chi connectivity index (χ3v) is 3.35. The predicted molar refractivity (Wildman–Crippen MR) is 89.3 cm³/mol. The van der Waals surface area contributed by atoms with Crippen molar-refractivity contribution in [1.29, 1.82) is 0 Å². The fourth-order valence-corrected chi connectivity index (χ4v) is 2.22. The maximum atomic E-state index is 12.0. The molecule has 0 aromatic heterocycles. The maximum Gasteiger partial charge on any atom is 0.314 e. The summed E-state index contributed by atoms with van der Waals surface area (Å²) in [5.41, 5.74) is 0.715. The van der Waals surface area contributed by atoms with Crippen molar-refractivity contribution in [3.63, 3.8) is 0 Å². The lowest BCUT2D eigenvalue weighted by atomic mass is 10.1. The van der Waals surface area contributed by atoms with Gasteiger partial charge in [-0.3, -0.25) is 9.59 Å². The largest absolute Gasteiger partial charge is 0.506 e. The quantitative estimate of drug-likeness (QED) is 0.503. The second-order valence-electron chi connectivity index (χ2n) is 4.99. The minimum absolute atomic E-state index is 0.0930. The fraction of sp³-hybridized carbons (Fsp3) is 0. The third-order valence-electron chi connectivity index (χ3n) is 3.35. The Labute approximate surface area is 132 Å². The van der Waals surface area contributed by atoms with E-state index in [9.17, 15) is 14.7 Å². The molecule has 3 aromatic carbocycles. The summed E-state index contributed by atoms with van der Waals surface area (Å²) in [6.45, 7) is 0. The number of anilines is 2. The van der Waals surface area contributed by atoms with Gasteiger partial charge in [0.2, 0.25) is 0 Å². The summed E-state index contributed by atoms with van der Waals surface area (Å²) in [5.74, 6) is -1.74. The Morgan fingerprint density at radius 1 is 0.739 bits per heavy atom. The Kier molecular flexibility index (Phi) is 3.93. The average Bonchev–Trinajstić information content (AvgIpc) is 2.56. The highest BCUT2D eigenvalue weighted by atomic mass is 16.3. The van der Waals surface area contributed by atoms with Crippen molar-refractivity contribution in [3.05, 3.63) is 66.7 Å². The molecule has 3 N–H and O–H groups in total. The normalized spacial score (nSPS) is 10.3. The van der Waals surface area contributed by atoms with E-state index in [4.69, 9.17) is 0 Å². The van der Waals surface area contributed by atoms with Crippen LogP contribution >= 0.6 is 0 Å². The first-order valence-corrected chi connectivity index (χ1v) is 7.02. The summed E-state index contributed by atoms with van der Waals surface area (Å²) in [4.78, 5) is 23.9. The van der Waals surface area contributed by atoms with Gasteiger partial charge in [-0.25, -0.2) is 0 Å². The van der Waals surface area contributed by atoms with Gasteiger partial charge in [0, 0.05) is 5.69 Å². The number of phenols is 1. The summed E-state index contributed by atoms with van der Waals surface area (Å²) in [7, 11) is 0. The molecule has 0 aliphatic carbocycles. The summed E-state index contributed by atoms with van der Waals surface area (Å²) in [6.07, 6.45) is 0. The molecule has 0 spiro atoms. The van der Waals surface area contributed by atoms with Gasteiger partial charge in [-0.15, -0.1) is 0 Å². The number of phenolic OH excluding ortho intramolecular Hbond substituents is 1. The smallest absolute Gasteiger partial charge is 0.314 e. The molecule has 0 bridgehead atoms. The topological polar surface area (TPSA) is 78.4 Å². The van der Waals surface area contributed by atoms with Crippen molar-refractivity contribution in [3.8, 4) is 5.75 Å². The van der Waals surface area contributed by atoms with E-state index in [1.165, 1.54) is 0 Å². The van der Waals surface area contributed by atoms with Gasteiger partial charge in [0.1, 0.15) is 5.75 Å². The number of nitrogens with one attached hydrogen (secondary N) is 2. The van der Waals surface area contributed by atoms with E-state index in [1.54, 1.807) is 36.4 Å². The Morgan fingerprint density at radius 2 is 1.30 bits per heavy atom. The number of para-hydroxylation sites is 1. The molecule has 0 atom stereocenters. The van der Waals surface area contributed by atoms with Crippen LogP contribution in [0.1, 0.15) is 0 Å². The van der Waals surface area contributed by atoms with Gasteiger partial charge in [0.25, 0.3) is 0 Å². The van der Waals surface area contributed by atoms with Crippen LogP contribution in [0.5, 0.6) is 5.75 Å². The van der Waals surface area contributed by atoms with Crippen molar-refractivity contribution < 1.29 is 14.7 Å². The van der Waals surface area contributed by atoms with Gasteiger partial charge in [0.05, 0.1) is 5.69 Å². The number of benzene rings is 3.